The van der Waals surface area contributed by atoms with Crippen LogP contribution in [0.15, 0.2) is 24.3 Å². The average molecular weight is 235 g/mol. The number of nitrogens with two attached hydrogens (primary N) is 1. The van der Waals surface area contributed by atoms with Crippen molar-refractivity contribution in [3.05, 3.63) is 29.8 Å². The molecule has 90 valence electrons. The van der Waals surface area contributed by atoms with E-state index in [2.05, 4.69) is 4.74 Å². The van der Waals surface area contributed by atoms with Gasteiger partial charge in [-0.3, -0.25) is 0 Å². The fourth-order valence-corrected chi connectivity index (χ4v) is 1.25. The zero-order chi connectivity index (χ0) is 12.2. The van der Waals surface area contributed by atoms with Crippen molar-refractivity contribution in [3.63, 3.8) is 0 Å². The van der Waals surface area contributed by atoms with Gasteiger partial charge in [0.05, 0.1) is 0 Å². The van der Waals surface area contributed by atoms with Gasteiger partial charge in [-0.15, -0.1) is 13.2 Å². The van der Waals surface area contributed by atoms with Crippen molar-refractivity contribution < 1.29 is 23.0 Å². The van der Waals surface area contributed by atoms with E-state index in [-0.39, 0.29) is 18.8 Å². The van der Waals surface area contributed by atoms with Gasteiger partial charge in [0.2, 0.25) is 0 Å². The summed E-state index contributed by atoms with van der Waals surface area (Å²) in [5.41, 5.74) is 6.14. The first-order chi connectivity index (χ1) is 7.42. The predicted molar refractivity (Wildman–Crippen MR) is 51.8 cm³/mol. The lowest BCUT2D eigenvalue weighted by Crippen LogP contribution is -2.18. The quantitative estimate of drug-likeness (QED) is 0.838. The Kier molecular flexibility index (Phi) is 4.14. The Morgan fingerprint density at radius 3 is 2.62 bits per heavy atom. The minimum atomic E-state index is -4.71. The van der Waals surface area contributed by atoms with Crippen LogP contribution >= 0.6 is 0 Å². The van der Waals surface area contributed by atoms with Crippen molar-refractivity contribution in [2.75, 3.05) is 6.61 Å². The molecule has 3 nitrogen and oxygen atoms in total. The fourth-order valence-electron chi connectivity index (χ4n) is 1.25. The third kappa shape index (κ3) is 4.08. The smallest absolute Gasteiger partial charge is 0.406 e. The lowest BCUT2D eigenvalue weighted by atomic mass is 10.1. The van der Waals surface area contributed by atoms with Crippen molar-refractivity contribution in [3.8, 4) is 5.75 Å². The average Bonchev–Trinajstić information content (AvgIpc) is 2.16. The molecule has 0 unspecified atom stereocenters. The molecule has 0 saturated carbocycles. The van der Waals surface area contributed by atoms with Gasteiger partial charge in [0.15, 0.2) is 0 Å². The highest BCUT2D eigenvalue weighted by molar-refractivity contribution is 5.30. The monoisotopic (exact) mass is 235 g/mol. The van der Waals surface area contributed by atoms with Gasteiger partial charge in [0, 0.05) is 12.6 Å². The van der Waals surface area contributed by atoms with Crippen LogP contribution in [0.1, 0.15) is 18.0 Å². The Bertz CT molecular complexity index is 341. The van der Waals surface area contributed by atoms with E-state index >= 15 is 0 Å². The molecule has 0 aliphatic heterocycles. The van der Waals surface area contributed by atoms with Crippen LogP contribution in [-0.2, 0) is 0 Å². The van der Waals surface area contributed by atoms with E-state index in [1.165, 1.54) is 18.2 Å². The summed E-state index contributed by atoms with van der Waals surface area (Å²) in [6.45, 7) is -0.120. The number of hydrogen-bond acceptors (Lipinski definition) is 3. The number of rotatable bonds is 4. The summed E-state index contributed by atoms with van der Waals surface area (Å²) in [6, 6.07) is 4.93. The zero-order valence-electron chi connectivity index (χ0n) is 8.37. The summed E-state index contributed by atoms with van der Waals surface area (Å²) in [7, 11) is 0. The van der Waals surface area contributed by atoms with Crippen molar-refractivity contribution in [1.29, 1.82) is 0 Å². The highest BCUT2D eigenvalue weighted by Crippen LogP contribution is 2.25. The molecule has 1 aromatic rings. The standard InChI is InChI=1S/C10H12F3NO2/c11-10(12,13)16-8-3-1-2-7(6-8)9(14)4-5-15/h1-3,6,9,15H,4-5,14H2/t9-/m0/s1. The normalized spacial score (nSPS) is 13.6. The third-order valence-corrected chi connectivity index (χ3v) is 1.96. The van der Waals surface area contributed by atoms with Gasteiger partial charge in [0.1, 0.15) is 5.75 Å². The van der Waals surface area contributed by atoms with E-state index in [9.17, 15) is 13.2 Å². The molecule has 0 amide bonds. The van der Waals surface area contributed by atoms with Gasteiger partial charge in [-0.2, -0.15) is 0 Å². The number of hydrogen-bond donors (Lipinski definition) is 2. The largest absolute Gasteiger partial charge is 0.573 e. The van der Waals surface area contributed by atoms with Gasteiger partial charge in [-0.1, -0.05) is 12.1 Å². The minimum absolute atomic E-state index is 0.120. The molecular weight excluding hydrogens is 223 g/mol. The maximum Gasteiger partial charge on any atom is 0.573 e. The highest BCUT2D eigenvalue weighted by atomic mass is 19.4. The molecule has 16 heavy (non-hydrogen) atoms. The second-order valence-electron chi connectivity index (χ2n) is 3.24. The van der Waals surface area contributed by atoms with Crippen LogP contribution in [-0.4, -0.2) is 18.1 Å². The van der Waals surface area contributed by atoms with Gasteiger partial charge in [0.25, 0.3) is 0 Å². The van der Waals surface area contributed by atoms with Crippen molar-refractivity contribution >= 4 is 0 Å². The lowest BCUT2D eigenvalue weighted by Gasteiger charge is -2.13. The maximum atomic E-state index is 11.9. The van der Waals surface area contributed by atoms with Crippen molar-refractivity contribution in [2.24, 2.45) is 5.73 Å². The van der Waals surface area contributed by atoms with Crippen LogP contribution in [0.25, 0.3) is 0 Å². The maximum absolute atomic E-state index is 11.9. The van der Waals surface area contributed by atoms with Crippen molar-refractivity contribution in [2.45, 2.75) is 18.8 Å². The lowest BCUT2D eigenvalue weighted by molar-refractivity contribution is -0.274. The van der Waals surface area contributed by atoms with E-state index < -0.39 is 12.4 Å². The van der Waals surface area contributed by atoms with E-state index in [0.29, 0.717) is 5.56 Å². The molecule has 0 aliphatic rings. The third-order valence-electron chi connectivity index (χ3n) is 1.96. The predicted octanol–water partition coefficient (Wildman–Crippen LogP) is 1.97. The molecule has 6 heteroatoms. The SMILES string of the molecule is N[C@@H](CCO)c1cccc(OC(F)(F)F)c1. The first-order valence-corrected chi connectivity index (χ1v) is 4.64. The van der Waals surface area contributed by atoms with Gasteiger partial charge in [-0.25, -0.2) is 0 Å². The molecular formula is C10H12F3NO2. The molecule has 0 fully saturated rings. The van der Waals surface area contributed by atoms with Crippen LogP contribution < -0.4 is 10.5 Å². The topological polar surface area (TPSA) is 55.5 Å². The van der Waals surface area contributed by atoms with E-state index in [1.807, 2.05) is 0 Å². The Hall–Kier alpha value is -1.27. The molecule has 0 radical (unpaired) electrons. The summed E-state index contributed by atoms with van der Waals surface area (Å²) >= 11 is 0. The van der Waals surface area contributed by atoms with Crippen molar-refractivity contribution in [1.82, 2.24) is 0 Å². The molecule has 0 aromatic heterocycles. The van der Waals surface area contributed by atoms with Gasteiger partial charge < -0.3 is 15.6 Å². The Balaban J connectivity index is 2.78. The van der Waals surface area contributed by atoms with Gasteiger partial charge >= 0.3 is 6.36 Å². The summed E-state index contributed by atoms with van der Waals surface area (Å²) in [4.78, 5) is 0. The summed E-state index contributed by atoms with van der Waals surface area (Å²) < 4.78 is 39.5. The zero-order valence-corrected chi connectivity index (χ0v) is 8.37. The minimum Gasteiger partial charge on any atom is -0.406 e. The molecule has 1 aromatic carbocycles. The number of benzene rings is 1. The van der Waals surface area contributed by atoms with Crippen LogP contribution in [0.4, 0.5) is 13.2 Å². The number of aliphatic hydroxyl groups is 1. The van der Waals surface area contributed by atoms with Gasteiger partial charge in [-0.05, 0) is 24.1 Å². The second-order valence-corrected chi connectivity index (χ2v) is 3.24. The van der Waals surface area contributed by atoms with E-state index in [1.54, 1.807) is 6.07 Å². The molecule has 0 heterocycles. The molecule has 3 N–H and O–H groups in total. The molecule has 1 atom stereocenters. The Morgan fingerprint density at radius 1 is 1.38 bits per heavy atom. The van der Waals surface area contributed by atoms with Crippen LogP contribution in [0.5, 0.6) is 5.75 Å². The van der Waals surface area contributed by atoms with Crippen LogP contribution in [0.3, 0.4) is 0 Å². The molecule has 1 rings (SSSR count). The number of halogens is 3. The molecule has 0 saturated heterocycles. The Labute approximate surface area is 90.6 Å². The number of aliphatic hydroxyl groups excluding tert-OH is 1. The second kappa shape index (κ2) is 5.18. The summed E-state index contributed by atoms with van der Waals surface area (Å²) in [5, 5.41) is 8.66. The van der Waals surface area contributed by atoms with Crippen LogP contribution in [0.2, 0.25) is 0 Å². The summed E-state index contributed by atoms with van der Waals surface area (Å²) in [5.74, 6) is -0.307. The number of alkyl halides is 3. The van der Waals surface area contributed by atoms with E-state index in [0.717, 1.165) is 0 Å². The Morgan fingerprint density at radius 2 is 2.06 bits per heavy atom. The fraction of sp³-hybridized carbons (Fsp3) is 0.400. The molecule has 0 spiro atoms. The molecule has 0 bridgehead atoms. The van der Waals surface area contributed by atoms with E-state index in [4.69, 9.17) is 10.8 Å². The summed E-state index contributed by atoms with van der Waals surface area (Å²) in [6.07, 6.45) is -4.42. The highest BCUT2D eigenvalue weighted by Gasteiger charge is 2.31. The molecule has 0 aliphatic carbocycles. The first kappa shape index (κ1) is 12.8. The first-order valence-electron chi connectivity index (χ1n) is 4.64. The number of ether oxygens (including phenoxy) is 1. The van der Waals surface area contributed by atoms with Crippen LogP contribution in [0, 0.1) is 0 Å².